The lowest BCUT2D eigenvalue weighted by atomic mass is 10.0. The molecule has 0 saturated carbocycles. The average Bonchev–Trinajstić information content (AvgIpc) is 3.04. The topological polar surface area (TPSA) is 75.5 Å². The molecule has 25 heavy (non-hydrogen) atoms. The van der Waals surface area contributed by atoms with Crippen molar-refractivity contribution in [2.75, 3.05) is 11.9 Å². The normalized spacial score (nSPS) is 10.8. The van der Waals surface area contributed by atoms with Gasteiger partial charge in [-0.25, -0.2) is 4.52 Å². The molecule has 3 rings (SSSR count). The first kappa shape index (κ1) is 16.7. The van der Waals surface area contributed by atoms with Gasteiger partial charge in [0.05, 0.1) is 12.1 Å². The predicted molar refractivity (Wildman–Crippen MR) is 96.7 cm³/mol. The number of benzene rings is 1. The Morgan fingerprint density at radius 2 is 1.88 bits per heavy atom. The van der Waals surface area contributed by atoms with Gasteiger partial charge in [0.25, 0.3) is 5.91 Å². The van der Waals surface area contributed by atoms with Gasteiger partial charge < -0.3 is 10.6 Å². The van der Waals surface area contributed by atoms with Crippen molar-refractivity contribution >= 4 is 23.0 Å². The van der Waals surface area contributed by atoms with E-state index in [9.17, 15) is 9.59 Å². The van der Waals surface area contributed by atoms with E-state index in [-0.39, 0.29) is 24.1 Å². The first-order valence-electron chi connectivity index (χ1n) is 8.15. The highest BCUT2D eigenvalue weighted by molar-refractivity contribution is 5.98. The van der Waals surface area contributed by atoms with Crippen molar-refractivity contribution in [2.24, 2.45) is 0 Å². The van der Waals surface area contributed by atoms with E-state index in [2.05, 4.69) is 29.6 Å². The zero-order valence-electron chi connectivity index (χ0n) is 14.2. The van der Waals surface area contributed by atoms with E-state index < -0.39 is 0 Å². The van der Waals surface area contributed by atoms with Crippen molar-refractivity contribution in [3.05, 3.63) is 66.0 Å². The van der Waals surface area contributed by atoms with Crippen LogP contribution in [-0.2, 0) is 4.79 Å². The molecule has 3 aromatic rings. The summed E-state index contributed by atoms with van der Waals surface area (Å²) >= 11 is 0. The molecule has 0 saturated heterocycles. The van der Waals surface area contributed by atoms with Crippen LogP contribution >= 0.6 is 0 Å². The third-order valence-corrected chi connectivity index (χ3v) is 3.87. The number of carbonyl (C=O) groups is 2. The van der Waals surface area contributed by atoms with Crippen LogP contribution in [0.4, 0.5) is 5.69 Å². The van der Waals surface area contributed by atoms with Gasteiger partial charge >= 0.3 is 0 Å². The lowest BCUT2D eigenvalue weighted by Gasteiger charge is -2.08. The summed E-state index contributed by atoms with van der Waals surface area (Å²) < 4.78 is 1.62. The summed E-state index contributed by atoms with van der Waals surface area (Å²) in [7, 11) is 0. The number of anilines is 1. The lowest BCUT2D eigenvalue weighted by molar-refractivity contribution is -0.115. The molecule has 6 nitrogen and oxygen atoms in total. The van der Waals surface area contributed by atoms with Crippen molar-refractivity contribution in [1.29, 1.82) is 0 Å². The Morgan fingerprint density at radius 3 is 2.56 bits per heavy atom. The van der Waals surface area contributed by atoms with Gasteiger partial charge in [0, 0.05) is 11.9 Å². The molecule has 0 aliphatic heterocycles. The molecule has 0 bridgehead atoms. The van der Waals surface area contributed by atoms with E-state index >= 15 is 0 Å². The Morgan fingerprint density at radius 1 is 1.12 bits per heavy atom. The smallest absolute Gasteiger partial charge is 0.272 e. The van der Waals surface area contributed by atoms with E-state index in [1.54, 1.807) is 16.8 Å². The zero-order valence-corrected chi connectivity index (χ0v) is 14.2. The van der Waals surface area contributed by atoms with E-state index in [1.807, 2.05) is 42.5 Å². The van der Waals surface area contributed by atoms with Gasteiger partial charge in [0.1, 0.15) is 0 Å². The van der Waals surface area contributed by atoms with Gasteiger partial charge in [0.15, 0.2) is 5.69 Å². The van der Waals surface area contributed by atoms with Crippen LogP contribution < -0.4 is 10.6 Å². The molecule has 6 heteroatoms. The van der Waals surface area contributed by atoms with Crippen molar-refractivity contribution in [2.45, 2.75) is 19.8 Å². The molecule has 0 spiro atoms. The van der Waals surface area contributed by atoms with E-state index in [0.717, 1.165) is 5.52 Å². The second-order valence-corrected chi connectivity index (χ2v) is 6.11. The molecule has 0 aliphatic carbocycles. The van der Waals surface area contributed by atoms with E-state index in [4.69, 9.17) is 0 Å². The molecule has 0 fully saturated rings. The SMILES string of the molecule is CC(C)c1ccc(NC(=O)CNC(=O)c2cc3ccccn3n2)cc1. The van der Waals surface area contributed by atoms with Crippen LogP contribution in [0.2, 0.25) is 0 Å². The number of carbonyl (C=O) groups excluding carboxylic acids is 2. The van der Waals surface area contributed by atoms with Crippen molar-refractivity contribution in [3.63, 3.8) is 0 Å². The summed E-state index contributed by atoms with van der Waals surface area (Å²) in [6.45, 7) is 4.11. The second-order valence-electron chi connectivity index (χ2n) is 6.11. The molecule has 1 aromatic carbocycles. The molecule has 0 atom stereocenters. The van der Waals surface area contributed by atoms with Gasteiger partial charge in [-0.1, -0.05) is 32.0 Å². The van der Waals surface area contributed by atoms with Crippen LogP contribution in [0.1, 0.15) is 35.8 Å². The van der Waals surface area contributed by atoms with Crippen LogP contribution in [-0.4, -0.2) is 28.0 Å². The maximum absolute atomic E-state index is 12.1. The van der Waals surface area contributed by atoms with Gasteiger partial charge in [-0.3, -0.25) is 9.59 Å². The summed E-state index contributed by atoms with van der Waals surface area (Å²) in [6.07, 6.45) is 1.76. The van der Waals surface area contributed by atoms with E-state index in [0.29, 0.717) is 11.6 Å². The number of amides is 2. The number of pyridine rings is 1. The van der Waals surface area contributed by atoms with Crippen LogP contribution in [0.25, 0.3) is 5.52 Å². The third kappa shape index (κ3) is 4.03. The fourth-order valence-electron chi connectivity index (χ4n) is 2.46. The van der Waals surface area contributed by atoms with Gasteiger partial charge in [-0.05, 0) is 41.8 Å². The Labute approximate surface area is 145 Å². The molecule has 2 heterocycles. The fraction of sp³-hybridized carbons (Fsp3) is 0.211. The van der Waals surface area contributed by atoms with Gasteiger partial charge in [-0.2, -0.15) is 5.10 Å². The molecule has 128 valence electrons. The van der Waals surface area contributed by atoms with Crippen LogP contribution in [0.5, 0.6) is 0 Å². The number of aromatic nitrogens is 2. The average molecular weight is 336 g/mol. The molecular formula is C19H20N4O2. The number of nitrogens with zero attached hydrogens (tertiary/aromatic N) is 2. The molecule has 0 radical (unpaired) electrons. The van der Waals surface area contributed by atoms with Crippen LogP contribution in [0, 0.1) is 0 Å². The van der Waals surface area contributed by atoms with Crippen LogP contribution in [0.3, 0.4) is 0 Å². The fourth-order valence-corrected chi connectivity index (χ4v) is 2.46. The first-order chi connectivity index (χ1) is 12.0. The molecule has 2 amide bonds. The summed E-state index contributed by atoms with van der Waals surface area (Å²) in [4.78, 5) is 24.1. The summed E-state index contributed by atoms with van der Waals surface area (Å²) in [5.41, 5.74) is 3.01. The third-order valence-electron chi connectivity index (χ3n) is 3.87. The largest absolute Gasteiger partial charge is 0.342 e. The lowest BCUT2D eigenvalue weighted by Crippen LogP contribution is -2.33. The predicted octanol–water partition coefficient (Wildman–Crippen LogP) is 2.83. The summed E-state index contributed by atoms with van der Waals surface area (Å²) in [5.74, 6) is -0.224. The van der Waals surface area contributed by atoms with E-state index in [1.165, 1.54) is 5.56 Å². The summed E-state index contributed by atoms with van der Waals surface area (Å²) in [6, 6.07) is 14.9. The number of fused-ring (bicyclic) bond motifs is 1. The quantitative estimate of drug-likeness (QED) is 0.752. The van der Waals surface area contributed by atoms with Gasteiger partial charge in [-0.15, -0.1) is 0 Å². The van der Waals surface area contributed by atoms with Crippen molar-refractivity contribution < 1.29 is 9.59 Å². The number of rotatable bonds is 5. The highest BCUT2D eigenvalue weighted by Gasteiger charge is 2.12. The molecular weight excluding hydrogens is 316 g/mol. The second kappa shape index (κ2) is 7.17. The Bertz CT molecular complexity index is 864. The maximum Gasteiger partial charge on any atom is 0.272 e. The first-order valence-corrected chi connectivity index (χ1v) is 8.15. The van der Waals surface area contributed by atoms with Gasteiger partial charge in [0.2, 0.25) is 5.91 Å². The highest BCUT2D eigenvalue weighted by Crippen LogP contribution is 2.16. The summed E-state index contributed by atoms with van der Waals surface area (Å²) in [5, 5.41) is 9.52. The number of nitrogens with one attached hydrogen (secondary N) is 2. The molecule has 0 aliphatic rings. The number of hydrogen-bond acceptors (Lipinski definition) is 3. The monoisotopic (exact) mass is 336 g/mol. The van der Waals surface area contributed by atoms with Crippen molar-refractivity contribution in [1.82, 2.24) is 14.9 Å². The Balaban J connectivity index is 1.55. The standard InChI is InChI=1S/C19H20N4O2/c1-13(2)14-6-8-15(9-7-14)21-18(24)12-20-19(25)17-11-16-5-3-4-10-23(16)22-17/h3-11,13H,12H2,1-2H3,(H,20,25)(H,21,24). The number of hydrogen-bond donors (Lipinski definition) is 2. The minimum Gasteiger partial charge on any atom is -0.342 e. The minimum absolute atomic E-state index is 0.112. The molecule has 0 unspecified atom stereocenters. The Hall–Kier alpha value is -3.15. The zero-order chi connectivity index (χ0) is 17.8. The highest BCUT2D eigenvalue weighted by atomic mass is 16.2. The minimum atomic E-state index is -0.381. The molecule has 2 aromatic heterocycles. The van der Waals surface area contributed by atoms with Crippen LogP contribution in [0.15, 0.2) is 54.7 Å². The maximum atomic E-state index is 12.1. The van der Waals surface area contributed by atoms with Crippen molar-refractivity contribution in [3.8, 4) is 0 Å². The Kier molecular flexibility index (Phi) is 4.79. The molecule has 2 N–H and O–H groups in total.